The number of benzene rings is 2. The van der Waals surface area contributed by atoms with E-state index in [0.717, 1.165) is 0 Å². The van der Waals surface area contributed by atoms with Gasteiger partial charge in [0.25, 0.3) is 5.91 Å². The monoisotopic (exact) mass is 418 g/mol. The van der Waals surface area contributed by atoms with Crippen LogP contribution in [0.5, 0.6) is 5.75 Å². The first-order chi connectivity index (χ1) is 14.0. The van der Waals surface area contributed by atoms with E-state index in [4.69, 9.17) is 16.3 Å². The molecule has 7 heteroatoms. The van der Waals surface area contributed by atoms with Gasteiger partial charge in [0, 0.05) is 31.1 Å². The van der Waals surface area contributed by atoms with Crippen LogP contribution in [0.3, 0.4) is 0 Å². The largest absolute Gasteiger partial charge is 0.492 e. The third-order valence-corrected chi connectivity index (χ3v) is 5.23. The van der Waals surface area contributed by atoms with Crippen molar-refractivity contribution >= 4 is 23.4 Å². The number of para-hydroxylation sites is 1. The van der Waals surface area contributed by atoms with Gasteiger partial charge in [-0.05, 0) is 55.7 Å². The molecular weight excluding hydrogens is 395 g/mol. The zero-order chi connectivity index (χ0) is 20.6. The average Bonchev–Trinajstić information content (AvgIpc) is 2.73. The highest BCUT2D eigenvalue weighted by molar-refractivity contribution is 6.32. The van der Waals surface area contributed by atoms with Gasteiger partial charge in [-0.3, -0.25) is 9.59 Å². The zero-order valence-corrected chi connectivity index (χ0v) is 16.8. The topological polar surface area (TPSA) is 58.6 Å². The van der Waals surface area contributed by atoms with E-state index >= 15 is 0 Å². The maximum absolute atomic E-state index is 13.0. The molecule has 1 aliphatic heterocycles. The van der Waals surface area contributed by atoms with Crippen molar-refractivity contribution in [1.29, 1.82) is 0 Å². The van der Waals surface area contributed by atoms with Crippen molar-refractivity contribution < 1.29 is 18.7 Å². The lowest BCUT2D eigenvalue weighted by Gasteiger charge is -2.32. The SMILES string of the molecule is O=C(NC1CCN(C(=O)CCCOc2ccccc2Cl)CC1)c1ccc(F)cc1. The molecule has 154 valence electrons. The number of ether oxygens (including phenoxy) is 1. The molecule has 29 heavy (non-hydrogen) atoms. The molecule has 2 aromatic carbocycles. The van der Waals surface area contributed by atoms with Crippen molar-refractivity contribution in [3.05, 3.63) is 64.9 Å². The summed E-state index contributed by atoms with van der Waals surface area (Å²) in [6.07, 6.45) is 2.44. The molecule has 1 fully saturated rings. The number of carbonyl (C=O) groups excluding carboxylic acids is 2. The number of carbonyl (C=O) groups is 2. The molecule has 0 saturated carbocycles. The smallest absolute Gasteiger partial charge is 0.251 e. The summed E-state index contributed by atoms with van der Waals surface area (Å²) in [6, 6.07) is 12.7. The standard InChI is InChI=1S/C22H24ClFN2O3/c23-19-4-1-2-5-20(19)29-15-3-6-21(27)26-13-11-18(12-14-26)25-22(28)16-7-9-17(24)10-8-16/h1-2,4-5,7-10,18H,3,6,11-15H2,(H,25,28). The van der Waals surface area contributed by atoms with Gasteiger partial charge in [0.05, 0.1) is 11.6 Å². The number of amides is 2. The van der Waals surface area contributed by atoms with Crippen molar-refractivity contribution in [2.24, 2.45) is 0 Å². The average molecular weight is 419 g/mol. The first-order valence-corrected chi connectivity index (χ1v) is 10.1. The van der Waals surface area contributed by atoms with Gasteiger partial charge in [0.1, 0.15) is 11.6 Å². The molecule has 0 bridgehead atoms. The van der Waals surface area contributed by atoms with E-state index in [2.05, 4.69) is 5.32 Å². The molecule has 0 aromatic heterocycles. The van der Waals surface area contributed by atoms with Crippen LogP contribution in [0.15, 0.2) is 48.5 Å². The molecule has 5 nitrogen and oxygen atoms in total. The fourth-order valence-electron chi connectivity index (χ4n) is 3.27. The first kappa shape index (κ1) is 21.1. The molecule has 1 saturated heterocycles. The minimum atomic E-state index is -0.370. The normalized spacial score (nSPS) is 14.5. The van der Waals surface area contributed by atoms with E-state index in [-0.39, 0.29) is 23.7 Å². The summed E-state index contributed by atoms with van der Waals surface area (Å²) < 4.78 is 18.6. The van der Waals surface area contributed by atoms with Gasteiger partial charge in [-0.2, -0.15) is 0 Å². The molecule has 1 N–H and O–H groups in total. The number of nitrogens with zero attached hydrogens (tertiary/aromatic N) is 1. The first-order valence-electron chi connectivity index (χ1n) is 9.74. The summed E-state index contributed by atoms with van der Waals surface area (Å²) in [7, 11) is 0. The quantitative estimate of drug-likeness (QED) is 0.690. The molecule has 0 atom stereocenters. The number of piperidine rings is 1. The predicted octanol–water partition coefficient (Wildman–Crippen LogP) is 4.06. The van der Waals surface area contributed by atoms with Gasteiger partial charge in [-0.25, -0.2) is 4.39 Å². The second kappa shape index (κ2) is 10.3. The van der Waals surface area contributed by atoms with Crippen molar-refractivity contribution in [3.63, 3.8) is 0 Å². The van der Waals surface area contributed by atoms with Crippen LogP contribution < -0.4 is 10.1 Å². The van der Waals surface area contributed by atoms with E-state index in [0.29, 0.717) is 61.7 Å². The second-order valence-corrected chi connectivity index (χ2v) is 7.43. The third-order valence-electron chi connectivity index (χ3n) is 4.92. The van der Waals surface area contributed by atoms with Crippen LogP contribution >= 0.6 is 11.6 Å². The Morgan fingerprint density at radius 1 is 1.10 bits per heavy atom. The van der Waals surface area contributed by atoms with Crippen LogP contribution in [0.2, 0.25) is 5.02 Å². The van der Waals surface area contributed by atoms with Gasteiger partial charge in [-0.1, -0.05) is 23.7 Å². The lowest BCUT2D eigenvalue weighted by molar-refractivity contribution is -0.132. The van der Waals surface area contributed by atoms with Crippen molar-refractivity contribution in [3.8, 4) is 5.75 Å². The van der Waals surface area contributed by atoms with Gasteiger partial charge in [0.15, 0.2) is 0 Å². The van der Waals surface area contributed by atoms with Crippen LogP contribution in [0.1, 0.15) is 36.0 Å². The van der Waals surface area contributed by atoms with Crippen LogP contribution in [0, 0.1) is 5.82 Å². The van der Waals surface area contributed by atoms with Crippen molar-refractivity contribution in [1.82, 2.24) is 10.2 Å². The Hall–Kier alpha value is -2.60. The Bertz CT molecular complexity index is 836. The Morgan fingerprint density at radius 2 is 1.79 bits per heavy atom. The highest BCUT2D eigenvalue weighted by atomic mass is 35.5. The molecule has 0 unspecified atom stereocenters. The molecular formula is C22H24ClFN2O3. The number of nitrogens with one attached hydrogen (secondary N) is 1. The highest BCUT2D eigenvalue weighted by Crippen LogP contribution is 2.23. The molecule has 3 rings (SSSR count). The summed E-state index contributed by atoms with van der Waals surface area (Å²) in [5.74, 6) is 0.132. The molecule has 1 aliphatic rings. The van der Waals surface area contributed by atoms with Crippen molar-refractivity contribution in [2.45, 2.75) is 31.7 Å². The molecule has 0 aliphatic carbocycles. The van der Waals surface area contributed by atoms with E-state index < -0.39 is 0 Å². The number of halogens is 2. The number of rotatable bonds is 7. The van der Waals surface area contributed by atoms with Gasteiger partial charge >= 0.3 is 0 Å². The van der Waals surface area contributed by atoms with Gasteiger partial charge in [-0.15, -0.1) is 0 Å². The molecule has 0 radical (unpaired) electrons. The summed E-state index contributed by atoms with van der Waals surface area (Å²) in [6.45, 7) is 1.65. The molecule has 2 amide bonds. The van der Waals surface area contributed by atoms with E-state index in [9.17, 15) is 14.0 Å². The minimum absolute atomic E-state index is 0.0140. The minimum Gasteiger partial charge on any atom is -0.492 e. The lowest BCUT2D eigenvalue weighted by Crippen LogP contribution is -2.46. The Labute approximate surface area is 174 Å². The molecule has 2 aromatic rings. The van der Waals surface area contributed by atoms with Crippen LogP contribution in [-0.4, -0.2) is 42.5 Å². The fourth-order valence-corrected chi connectivity index (χ4v) is 3.46. The van der Waals surface area contributed by atoms with Crippen LogP contribution in [0.4, 0.5) is 4.39 Å². The number of likely N-dealkylation sites (tertiary alicyclic amines) is 1. The Balaban J connectivity index is 1.35. The van der Waals surface area contributed by atoms with Crippen LogP contribution in [-0.2, 0) is 4.79 Å². The van der Waals surface area contributed by atoms with Crippen LogP contribution in [0.25, 0.3) is 0 Å². The maximum Gasteiger partial charge on any atom is 0.251 e. The molecule has 1 heterocycles. The predicted molar refractivity (Wildman–Crippen MR) is 110 cm³/mol. The van der Waals surface area contributed by atoms with E-state index in [1.807, 2.05) is 17.0 Å². The lowest BCUT2D eigenvalue weighted by atomic mass is 10.0. The van der Waals surface area contributed by atoms with E-state index in [1.54, 1.807) is 12.1 Å². The summed E-state index contributed by atoms with van der Waals surface area (Å²) in [5, 5.41) is 3.52. The number of hydrogen-bond acceptors (Lipinski definition) is 3. The third kappa shape index (κ3) is 6.19. The fraction of sp³-hybridized carbons (Fsp3) is 0.364. The second-order valence-electron chi connectivity index (χ2n) is 7.02. The zero-order valence-electron chi connectivity index (χ0n) is 16.1. The molecule has 0 spiro atoms. The number of hydrogen-bond donors (Lipinski definition) is 1. The summed E-state index contributed by atoms with van der Waals surface area (Å²) in [4.78, 5) is 26.4. The maximum atomic E-state index is 13.0. The summed E-state index contributed by atoms with van der Waals surface area (Å²) in [5.41, 5.74) is 0.434. The van der Waals surface area contributed by atoms with Gasteiger partial charge < -0.3 is 15.0 Å². The van der Waals surface area contributed by atoms with E-state index in [1.165, 1.54) is 24.3 Å². The Morgan fingerprint density at radius 3 is 2.48 bits per heavy atom. The summed E-state index contributed by atoms with van der Waals surface area (Å²) >= 11 is 6.04. The highest BCUT2D eigenvalue weighted by Gasteiger charge is 2.24. The Kier molecular flexibility index (Phi) is 7.47. The van der Waals surface area contributed by atoms with Crippen molar-refractivity contribution in [2.75, 3.05) is 19.7 Å². The van der Waals surface area contributed by atoms with Gasteiger partial charge in [0.2, 0.25) is 5.91 Å².